The average molecular weight is 311 g/mol. The minimum Gasteiger partial charge on any atom is -0.487 e. The number of halogens is 1. The Morgan fingerprint density at radius 1 is 1.48 bits per heavy atom. The van der Waals surface area contributed by atoms with Crippen LogP contribution in [-0.2, 0) is 4.79 Å². The van der Waals surface area contributed by atoms with Crippen molar-refractivity contribution >= 4 is 23.2 Å². The second-order valence-electron chi connectivity index (χ2n) is 5.89. The Labute approximate surface area is 131 Å². The number of carbonyl (C=O) groups is 1. The van der Waals surface area contributed by atoms with Crippen LogP contribution in [0.5, 0.6) is 5.75 Å². The Balaban J connectivity index is 2.04. The Morgan fingerprint density at radius 3 is 2.86 bits per heavy atom. The molecule has 0 radical (unpaired) electrons. The number of ether oxygens (including phenoxy) is 1. The van der Waals surface area contributed by atoms with Crippen LogP contribution in [0.4, 0.5) is 5.69 Å². The molecule has 1 saturated carbocycles. The fourth-order valence-electron chi connectivity index (χ4n) is 2.72. The molecule has 1 aromatic carbocycles. The lowest BCUT2D eigenvalue weighted by Crippen LogP contribution is -2.28. The standard InChI is InChI=1S/C16H23ClN2O2/c1-10(2)21-16-12(17)6-4-8-14(16)19-15(20)9-11-5-3-7-13(11)18/h4,6,8,10-11,13H,3,5,7,9,18H2,1-2H3,(H,19,20)/t11-,13+/m0/s1. The van der Waals surface area contributed by atoms with E-state index in [1.165, 1.54) is 0 Å². The predicted octanol–water partition coefficient (Wildman–Crippen LogP) is 3.58. The molecule has 4 nitrogen and oxygen atoms in total. The normalized spacial score (nSPS) is 21.6. The summed E-state index contributed by atoms with van der Waals surface area (Å²) < 4.78 is 5.70. The third-order valence-corrected chi connectivity index (χ3v) is 4.06. The first-order valence-electron chi connectivity index (χ1n) is 7.48. The minimum atomic E-state index is -0.0341. The molecular formula is C16H23ClN2O2. The Kier molecular flexibility index (Phi) is 5.48. The molecule has 0 spiro atoms. The number of amides is 1. The molecule has 0 aliphatic heterocycles. The molecule has 5 heteroatoms. The Morgan fingerprint density at radius 2 is 2.24 bits per heavy atom. The third kappa shape index (κ3) is 4.35. The molecule has 1 aliphatic carbocycles. The number of hydrogen-bond acceptors (Lipinski definition) is 3. The van der Waals surface area contributed by atoms with E-state index in [0.717, 1.165) is 19.3 Å². The van der Waals surface area contributed by atoms with Crippen LogP contribution in [0.3, 0.4) is 0 Å². The smallest absolute Gasteiger partial charge is 0.224 e. The summed E-state index contributed by atoms with van der Waals surface area (Å²) in [5.41, 5.74) is 6.63. The molecule has 116 valence electrons. The van der Waals surface area contributed by atoms with E-state index < -0.39 is 0 Å². The molecule has 0 unspecified atom stereocenters. The van der Waals surface area contributed by atoms with Gasteiger partial charge in [0, 0.05) is 12.5 Å². The molecule has 2 atom stereocenters. The molecule has 1 aromatic rings. The van der Waals surface area contributed by atoms with Crippen LogP contribution >= 0.6 is 11.6 Å². The number of anilines is 1. The van der Waals surface area contributed by atoms with Crippen LogP contribution in [0, 0.1) is 5.92 Å². The molecule has 21 heavy (non-hydrogen) atoms. The van der Waals surface area contributed by atoms with Crippen LogP contribution in [0.25, 0.3) is 0 Å². The number of hydrogen-bond donors (Lipinski definition) is 2. The highest BCUT2D eigenvalue weighted by molar-refractivity contribution is 6.32. The zero-order valence-electron chi connectivity index (χ0n) is 12.6. The second kappa shape index (κ2) is 7.14. The van der Waals surface area contributed by atoms with Crippen molar-refractivity contribution in [1.29, 1.82) is 0 Å². The molecule has 1 fully saturated rings. The summed E-state index contributed by atoms with van der Waals surface area (Å²) in [4.78, 5) is 12.2. The summed E-state index contributed by atoms with van der Waals surface area (Å²) in [5.74, 6) is 0.769. The van der Waals surface area contributed by atoms with Gasteiger partial charge in [-0.25, -0.2) is 0 Å². The lowest BCUT2D eigenvalue weighted by Gasteiger charge is -2.18. The number of nitrogens with two attached hydrogens (primary N) is 1. The van der Waals surface area contributed by atoms with E-state index in [0.29, 0.717) is 22.9 Å². The van der Waals surface area contributed by atoms with Gasteiger partial charge in [0.2, 0.25) is 5.91 Å². The summed E-state index contributed by atoms with van der Waals surface area (Å²) in [6.45, 7) is 3.85. The number of para-hydroxylation sites is 1. The Bertz CT molecular complexity index is 505. The van der Waals surface area contributed by atoms with Crippen molar-refractivity contribution in [1.82, 2.24) is 0 Å². The minimum absolute atomic E-state index is 0.0104. The number of benzene rings is 1. The lowest BCUT2D eigenvalue weighted by molar-refractivity contribution is -0.117. The average Bonchev–Trinajstić information content (AvgIpc) is 2.79. The topological polar surface area (TPSA) is 64.3 Å². The summed E-state index contributed by atoms with van der Waals surface area (Å²) >= 11 is 6.15. The summed E-state index contributed by atoms with van der Waals surface area (Å²) in [6, 6.07) is 5.49. The van der Waals surface area contributed by atoms with Crippen LogP contribution in [0.1, 0.15) is 39.5 Å². The van der Waals surface area contributed by atoms with Gasteiger partial charge in [0.05, 0.1) is 16.8 Å². The van der Waals surface area contributed by atoms with E-state index in [4.69, 9.17) is 22.1 Å². The van der Waals surface area contributed by atoms with Gasteiger partial charge in [-0.2, -0.15) is 0 Å². The van der Waals surface area contributed by atoms with Crippen molar-refractivity contribution in [2.24, 2.45) is 11.7 Å². The highest BCUT2D eigenvalue weighted by atomic mass is 35.5. The highest BCUT2D eigenvalue weighted by Gasteiger charge is 2.26. The van der Waals surface area contributed by atoms with Crippen LogP contribution in [0.15, 0.2) is 18.2 Å². The maximum Gasteiger partial charge on any atom is 0.224 e. The monoisotopic (exact) mass is 310 g/mol. The highest BCUT2D eigenvalue weighted by Crippen LogP contribution is 2.34. The van der Waals surface area contributed by atoms with Crippen molar-refractivity contribution in [2.45, 2.75) is 51.7 Å². The van der Waals surface area contributed by atoms with Gasteiger partial charge < -0.3 is 15.8 Å². The van der Waals surface area contributed by atoms with E-state index in [2.05, 4.69) is 5.32 Å². The molecule has 0 saturated heterocycles. The van der Waals surface area contributed by atoms with E-state index in [9.17, 15) is 4.79 Å². The predicted molar refractivity (Wildman–Crippen MR) is 85.8 cm³/mol. The first kappa shape index (κ1) is 16.1. The number of rotatable bonds is 5. The molecule has 0 aromatic heterocycles. The van der Waals surface area contributed by atoms with Gasteiger partial charge in [0.1, 0.15) is 0 Å². The molecular weight excluding hydrogens is 288 g/mol. The van der Waals surface area contributed by atoms with Crippen LogP contribution in [-0.4, -0.2) is 18.1 Å². The molecule has 3 N–H and O–H groups in total. The van der Waals surface area contributed by atoms with Crippen molar-refractivity contribution in [3.05, 3.63) is 23.2 Å². The van der Waals surface area contributed by atoms with Gasteiger partial charge in [-0.1, -0.05) is 24.1 Å². The summed E-state index contributed by atoms with van der Waals surface area (Å²) in [5, 5.41) is 3.40. The zero-order valence-corrected chi connectivity index (χ0v) is 13.3. The van der Waals surface area contributed by atoms with Gasteiger partial charge >= 0.3 is 0 Å². The van der Waals surface area contributed by atoms with Crippen LogP contribution < -0.4 is 15.8 Å². The quantitative estimate of drug-likeness (QED) is 0.873. The lowest BCUT2D eigenvalue weighted by atomic mass is 10.00. The van der Waals surface area contributed by atoms with Crippen molar-refractivity contribution in [3.63, 3.8) is 0 Å². The van der Waals surface area contributed by atoms with E-state index in [-0.39, 0.29) is 24.0 Å². The fraction of sp³-hybridized carbons (Fsp3) is 0.562. The van der Waals surface area contributed by atoms with E-state index >= 15 is 0 Å². The summed E-state index contributed by atoms with van der Waals surface area (Å²) in [7, 11) is 0. The van der Waals surface area contributed by atoms with Gasteiger partial charge in [-0.15, -0.1) is 0 Å². The van der Waals surface area contributed by atoms with Gasteiger partial charge in [-0.05, 0) is 44.7 Å². The summed E-state index contributed by atoms with van der Waals surface area (Å²) in [6.07, 6.45) is 3.59. The SMILES string of the molecule is CC(C)Oc1c(Cl)cccc1NC(=O)C[C@@H]1CCC[C@H]1N. The maximum atomic E-state index is 12.2. The Hall–Kier alpha value is -1.26. The largest absolute Gasteiger partial charge is 0.487 e. The van der Waals surface area contributed by atoms with Crippen molar-refractivity contribution in [3.8, 4) is 5.75 Å². The first-order chi connectivity index (χ1) is 9.97. The number of carbonyl (C=O) groups excluding carboxylic acids is 1. The molecule has 2 rings (SSSR count). The van der Waals surface area contributed by atoms with Gasteiger partial charge in [0.25, 0.3) is 0 Å². The third-order valence-electron chi connectivity index (χ3n) is 3.76. The van der Waals surface area contributed by atoms with E-state index in [1.807, 2.05) is 13.8 Å². The fourth-order valence-corrected chi connectivity index (χ4v) is 2.94. The van der Waals surface area contributed by atoms with Crippen molar-refractivity contribution < 1.29 is 9.53 Å². The molecule has 0 heterocycles. The van der Waals surface area contributed by atoms with Gasteiger partial charge in [-0.3, -0.25) is 4.79 Å². The van der Waals surface area contributed by atoms with Gasteiger partial charge in [0.15, 0.2) is 5.75 Å². The molecule has 0 bridgehead atoms. The zero-order chi connectivity index (χ0) is 15.4. The first-order valence-corrected chi connectivity index (χ1v) is 7.85. The molecule has 1 amide bonds. The second-order valence-corrected chi connectivity index (χ2v) is 6.30. The van der Waals surface area contributed by atoms with Crippen LogP contribution in [0.2, 0.25) is 5.02 Å². The maximum absolute atomic E-state index is 12.2. The van der Waals surface area contributed by atoms with Crippen molar-refractivity contribution in [2.75, 3.05) is 5.32 Å². The number of nitrogens with one attached hydrogen (secondary N) is 1. The molecule has 1 aliphatic rings. The van der Waals surface area contributed by atoms with E-state index in [1.54, 1.807) is 18.2 Å².